The van der Waals surface area contributed by atoms with Crippen LogP contribution in [0.2, 0.25) is 0 Å². The van der Waals surface area contributed by atoms with E-state index >= 15 is 0 Å². The Morgan fingerprint density at radius 2 is 2.08 bits per heavy atom. The smallest absolute Gasteiger partial charge is 0.315 e. The van der Waals surface area contributed by atoms with Crippen LogP contribution in [0.25, 0.3) is 0 Å². The van der Waals surface area contributed by atoms with E-state index in [0.29, 0.717) is 13.1 Å². The Labute approximate surface area is 141 Å². The summed E-state index contributed by atoms with van der Waals surface area (Å²) >= 11 is 0. The largest absolute Gasteiger partial charge is 0.392 e. The topological polar surface area (TPSA) is 92.1 Å². The second kappa shape index (κ2) is 7.44. The number of nitrogens with zero attached hydrogens (tertiary/aromatic N) is 3. The molecule has 2 aromatic rings. The number of carbonyl (C=O) groups excluding carboxylic acids is 1. The van der Waals surface area contributed by atoms with Crippen molar-refractivity contribution < 1.29 is 9.90 Å². The first-order valence-electron chi connectivity index (χ1n) is 8.27. The number of aliphatic hydroxyl groups excluding tert-OH is 1. The van der Waals surface area contributed by atoms with Crippen LogP contribution in [0.5, 0.6) is 0 Å². The molecule has 1 atom stereocenters. The van der Waals surface area contributed by atoms with E-state index < -0.39 is 0 Å². The predicted octanol–water partition coefficient (Wildman–Crippen LogP) is 0.936. The fourth-order valence-electron chi connectivity index (χ4n) is 2.92. The maximum Gasteiger partial charge on any atom is 0.315 e. The lowest BCUT2D eigenvalue weighted by Gasteiger charge is -2.23. The Balaban J connectivity index is 1.41. The first kappa shape index (κ1) is 16.4. The number of carbonyl (C=O) groups is 1. The standard InChI is InChI=1S/C17H23N5O2/c1-12-19-16-7-6-15(10-22(16)21-12)20-17(24)18-9-8-13-2-4-14(11-23)5-3-13/h2-5,15,23H,6-11H2,1H3,(H2,18,20,24). The Morgan fingerprint density at radius 3 is 2.83 bits per heavy atom. The fourth-order valence-corrected chi connectivity index (χ4v) is 2.92. The van der Waals surface area contributed by atoms with E-state index in [9.17, 15) is 4.79 Å². The van der Waals surface area contributed by atoms with Crippen molar-refractivity contribution in [1.29, 1.82) is 0 Å². The van der Waals surface area contributed by atoms with Gasteiger partial charge in [-0.3, -0.25) is 0 Å². The monoisotopic (exact) mass is 329 g/mol. The molecule has 3 rings (SSSR count). The number of aryl methyl sites for hydroxylation is 2. The second-order valence-corrected chi connectivity index (χ2v) is 6.12. The third-order valence-electron chi connectivity index (χ3n) is 4.20. The van der Waals surface area contributed by atoms with Crippen molar-refractivity contribution >= 4 is 6.03 Å². The molecule has 0 aliphatic carbocycles. The van der Waals surface area contributed by atoms with Crippen LogP contribution in [-0.2, 0) is 26.0 Å². The molecule has 0 saturated carbocycles. The minimum atomic E-state index is -0.146. The molecular weight excluding hydrogens is 306 g/mol. The number of aromatic nitrogens is 3. The molecule has 2 heterocycles. The van der Waals surface area contributed by atoms with Crippen LogP contribution in [0.1, 0.15) is 29.2 Å². The minimum Gasteiger partial charge on any atom is -0.392 e. The number of benzene rings is 1. The molecule has 2 amide bonds. The number of hydrogen-bond donors (Lipinski definition) is 3. The fraction of sp³-hybridized carbons (Fsp3) is 0.471. The number of rotatable bonds is 5. The molecule has 0 saturated heterocycles. The lowest BCUT2D eigenvalue weighted by atomic mass is 10.1. The van der Waals surface area contributed by atoms with Crippen molar-refractivity contribution in [3.8, 4) is 0 Å². The van der Waals surface area contributed by atoms with Crippen LogP contribution >= 0.6 is 0 Å². The molecule has 1 aromatic carbocycles. The molecule has 1 aliphatic rings. The first-order valence-corrected chi connectivity index (χ1v) is 8.27. The molecule has 0 fully saturated rings. The Hall–Kier alpha value is -2.41. The second-order valence-electron chi connectivity index (χ2n) is 6.12. The van der Waals surface area contributed by atoms with E-state index in [-0.39, 0.29) is 18.7 Å². The lowest BCUT2D eigenvalue weighted by molar-refractivity contribution is 0.232. The third kappa shape index (κ3) is 4.11. The van der Waals surface area contributed by atoms with Crippen molar-refractivity contribution in [2.75, 3.05) is 6.54 Å². The van der Waals surface area contributed by atoms with Gasteiger partial charge in [0.1, 0.15) is 11.6 Å². The molecular formula is C17H23N5O2. The first-order chi connectivity index (χ1) is 11.6. The number of aliphatic hydroxyl groups is 1. The highest BCUT2D eigenvalue weighted by atomic mass is 16.3. The van der Waals surface area contributed by atoms with Crippen molar-refractivity contribution in [2.24, 2.45) is 0 Å². The number of fused-ring (bicyclic) bond motifs is 1. The van der Waals surface area contributed by atoms with Gasteiger partial charge in [-0.15, -0.1) is 0 Å². The van der Waals surface area contributed by atoms with Crippen molar-refractivity contribution in [2.45, 2.75) is 45.4 Å². The minimum absolute atomic E-state index is 0.0509. The van der Waals surface area contributed by atoms with E-state index in [0.717, 1.165) is 42.0 Å². The van der Waals surface area contributed by atoms with Gasteiger partial charge in [0.15, 0.2) is 0 Å². The molecule has 7 nitrogen and oxygen atoms in total. The Morgan fingerprint density at radius 1 is 1.33 bits per heavy atom. The quantitative estimate of drug-likeness (QED) is 0.761. The molecule has 3 N–H and O–H groups in total. The molecule has 0 radical (unpaired) electrons. The summed E-state index contributed by atoms with van der Waals surface area (Å²) in [6.07, 6.45) is 2.48. The summed E-state index contributed by atoms with van der Waals surface area (Å²) in [4.78, 5) is 16.4. The average Bonchev–Trinajstić information content (AvgIpc) is 2.95. The predicted molar refractivity (Wildman–Crippen MR) is 89.5 cm³/mol. The molecule has 128 valence electrons. The third-order valence-corrected chi connectivity index (χ3v) is 4.20. The van der Waals surface area contributed by atoms with Crippen molar-refractivity contribution in [3.05, 3.63) is 47.0 Å². The van der Waals surface area contributed by atoms with E-state index in [4.69, 9.17) is 5.11 Å². The lowest BCUT2D eigenvalue weighted by Crippen LogP contribution is -2.46. The molecule has 0 spiro atoms. The normalized spacial score (nSPS) is 16.5. The summed E-state index contributed by atoms with van der Waals surface area (Å²) in [6, 6.07) is 7.68. The number of nitrogens with one attached hydrogen (secondary N) is 2. The zero-order valence-corrected chi connectivity index (χ0v) is 13.8. The molecule has 0 bridgehead atoms. The van der Waals surface area contributed by atoms with Gasteiger partial charge < -0.3 is 15.7 Å². The number of hydrogen-bond acceptors (Lipinski definition) is 4. The maximum absolute atomic E-state index is 12.0. The van der Waals surface area contributed by atoms with E-state index in [2.05, 4.69) is 20.7 Å². The summed E-state index contributed by atoms with van der Waals surface area (Å²) in [6.45, 7) is 3.18. The zero-order valence-electron chi connectivity index (χ0n) is 13.8. The summed E-state index contributed by atoms with van der Waals surface area (Å²) in [5, 5.41) is 19.3. The van der Waals surface area contributed by atoms with E-state index in [1.165, 1.54) is 0 Å². The van der Waals surface area contributed by atoms with Crippen molar-refractivity contribution in [3.63, 3.8) is 0 Å². The van der Waals surface area contributed by atoms with Crippen LogP contribution in [-0.4, -0.2) is 38.5 Å². The van der Waals surface area contributed by atoms with Gasteiger partial charge in [0.2, 0.25) is 0 Å². The molecule has 1 aromatic heterocycles. The molecule has 24 heavy (non-hydrogen) atoms. The van der Waals surface area contributed by atoms with Gasteiger partial charge in [-0.2, -0.15) is 5.10 Å². The summed E-state index contributed by atoms with van der Waals surface area (Å²) in [5.74, 6) is 1.78. The van der Waals surface area contributed by atoms with Crippen LogP contribution in [0.4, 0.5) is 4.79 Å². The van der Waals surface area contributed by atoms with Gasteiger partial charge in [0, 0.05) is 13.0 Å². The molecule has 7 heteroatoms. The highest BCUT2D eigenvalue weighted by Gasteiger charge is 2.21. The van der Waals surface area contributed by atoms with Crippen molar-refractivity contribution in [1.82, 2.24) is 25.4 Å². The molecule has 1 unspecified atom stereocenters. The molecule has 1 aliphatic heterocycles. The van der Waals surface area contributed by atoms with Gasteiger partial charge in [-0.25, -0.2) is 14.5 Å². The summed E-state index contributed by atoms with van der Waals surface area (Å²) in [7, 11) is 0. The highest BCUT2D eigenvalue weighted by molar-refractivity contribution is 5.74. The SMILES string of the molecule is Cc1nc2n(n1)CC(NC(=O)NCCc1ccc(CO)cc1)CC2. The summed E-state index contributed by atoms with van der Waals surface area (Å²) < 4.78 is 1.88. The number of amides is 2. The Kier molecular flexibility index (Phi) is 5.10. The van der Waals surface area contributed by atoms with E-state index in [1.54, 1.807) is 0 Å². The average molecular weight is 329 g/mol. The van der Waals surface area contributed by atoms with Crippen LogP contribution in [0.3, 0.4) is 0 Å². The zero-order chi connectivity index (χ0) is 16.9. The van der Waals surface area contributed by atoms with Gasteiger partial charge in [-0.1, -0.05) is 24.3 Å². The van der Waals surface area contributed by atoms with Gasteiger partial charge in [0.25, 0.3) is 0 Å². The van der Waals surface area contributed by atoms with Crippen LogP contribution in [0, 0.1) is 6.92 Å². The van der Waals surface area contributed by atoms with Crippen LogP contribution in [0.15, 0.2) is 24.3 Å². The maximum atomic E-state index is 12.0. The Bertz CT molecular complexity index is 696. The van der Waals surface area contributed by atoms with Gasteiger partial charge in [-0.05, 0) is 30.9 Å². The number of urea groups is 1. The highest BCUT2D eigenvalue weighted by Crippen LogP contribution is 2.12. The van der Waals surface area contributed by atoms with Gasteiger partial charge >= 0.3 is 6.03 Å². The van der Waals surface area contributed by atoms with E-state index in [1.807, 2.05) is 35.9 Å². The summed E-state index contributed by atoms with van der Waals surface area (Å²) in [5.41, 5.74) is 2.03. The van der Waals surface area contributed by atoms with Gasteiger partial charge in [0.05, 0.1) is 19.2 Å². The van der Waals surface area contributed by atoms with Crippen LogP contribution < -0.4 is 10.6 Å².